The largest absolute Gasteiger partial charge is 0.304 e. The van der Waals surface area contributed by atoms with Crippen molar-refractivity contribution in [3.05, 3.63) is 28.8 Å². The normalized spacial score (nSPS) is 14.8. The molecule has 0 aromatic heterocycles. The summed E-state index contributed by atoms with van der Waals surface area (Å²) in [6, 6.07) is 4.75. The summed E-state index contributed by atoms with van der Waals surface area (Å²) in [6.45, 7) is 1.75. The number of amides is 1. The monoisotopic (exact) mass is 315 g/mol. The molecule has 0 atom stereocenters. The van der Waals surface area contributed by atoms with Gasteiger partial charge in [0.25, 0.3) is 11.7 Å². The molecule has 1 heterocycles. The lowest BCUT2D eigenvalue weighted by Crippen LogP contribution is -2.34. The van der Waals surface area contributed by atoms with Crippen molar-refractivity contribution in [2.24, 2.45) is 0 Å². The molecule has 0 fully saturated rings. The van der Waals surface area contributed by atoms with Crippen molar-refractivity contribution < 1.29 is 18.0 Å². The molecule has 0 bridgehead atoms. The highest BCUT2D eigenvalue weighted by atomic mass is 35.5. The molecule has 0 aliphatic carbocycles. The van der Waals surface area contributed by atoms with Crippen LogP contribution in [0.3, 0.4) is 0 Å². The van der Waals surface area contributed by atoms with Gasteiger partial charge in [0.05, 0.1) is 22.0 Å². The van der Waals surface area contributed by atoms with E-state index in [1.807, 2.05) is 0 Å². The van der Waals surface area contributed by atoms with Gasteiger partial charge in [-0.05, 0) is 18.6 Å². The number of halogens is 1. The zero-order chi connectivity index (χ0) is 14.9. The van der Waals surface area contributed by atoms with Gasteiger partial charge < -0.3 is 4.90 Å². The molecule has 0 unspecified atom stereocenters. The van der Waals surface area contributed by atoms with Gasteiger partial charge in [-0.25, -0.2) is 8.42 Å². The molecule has 2 rings (SSSR count). The van der Waals surface area contributed by atoms with Crippen molar-refractivity contribution in [2.75, 3.05) is 23.0 Å². The SMILES string of the molecule is CCCS(=O)(=O)CCN1C(=O)C(=O)c2c(Cl)cccc21. The maximum absolute atomic E-state index is 11.9. The van der Waals surface area contributed by atoms with Crippen molar-refractivity contribution >= 4 is 38.8 Å². The molecule has 7 heteroatoms. The predicted octanol–water partition coefficient (Wildman–Crippen LogP) is 1.69. The second-order valence-electron chi connectivity index (χ2n) is 4.57. The lowest BCUT2D eigenvalue weighted by molar-refractivity contribution is -0.114. The first-order chi connectivity index (χ1) is 9.37. The number of Topliss-reactive ketones (excluding diaryl/α,β-unsaturated/α-hetero) is 1. The Morgan fingerprint density at radius 1 is 1.20 bits per heavy atom. The first-order valence-corrected chi connectivity index (χ1v) is 8.42. The molecule has 0 N–H and O–H groups in total. The predicted molar refractivity (Wildman–Crippen MR) is 77.1 cm³/mol. The standard InChI is InChI=1S/C13H14ClNO4S/c1-2-7-20(18,19)8-6-15-10-5-3-4-9(14)11(10)12(16)13(15)17/h3-5H,2,6-8H2,1H3. The summed E-state index contributed by atoms with van der Waals surface area (Å²) in [5, 5.41) is 0.208. The van der Waals surface area contributed by atoms with Crippen LogP contribution in [-0.2, 0) is 14.6 Å². The second-order valence-corrected chi connectivity index (χ2v) is 7.28. The highest BCUT2D eigenvalue weighted by Crippen LogP contribution is 2.33. The third-order valence-corrected chi connectivity index (χ3v) is 5.24. The fourth-order valence-electron chi connectivity index (χ4n) is 2.17. The maximum Gasteiger partial charge on any atom is 0.299 e. The molecule has 1 aliphatic rings. The smallest absolute Gasteiger partial charge is 0.299 e. The fourth-order valence-corrected chi connectivity index (χ4v) is 3.71. The van der Waals surface area contributed by atoms with Crippen molar-refractivity contribution in [2.45, 2.75) is 13.3 Å². The average molecular weight is 316 g/mol. The third kappa shape index (κ3) is 2.71. The molecule has 0 saturated heterocycles. The Labute approximate surface area is 122 Å². The van der Waals surface area contributed by atoms with E-state index >= 15 is 0 Å². The van der Waals surface area contributed by atoms with Gasteiger partial charge in [-0.15, -0.1) is 0 Å². The molecule has 108 valence electrons. The van der Waals surface area contributed by atoms with E-state index < -0.39 is 21.5 Å². The zero-order valence-electron chi connectivity index (χ0n) is 10.9. The number of benzene rings is 1. The van der Waals surface area contributed by atoms with Crippen LogP contribution in [0.5, 0.6) is 0 Å². The van der Waals surface area contributed by atoms with E-state index in [4.69, 9.17) is 11.6 Å². The van der Waals surface area contributed by atoms with E-state index in [2.05, 4.69) is 0 Å². The van der Waals surface area contributed by atoms with Crippen LogP contribution in [0, 0.1) is 0 Å². The molecular weight excluding hydrogens is 302 g/mol. The van der Waals surface area contributed by atoms with Crippen molar-refractivity contribution in [3.8, 4) is 0 Å². The summed E-state index contributed by atoms with van der Waals surface area (Å²) in [4.78, 5) is 25.0. The third-order valence-electron chi connectivity index (χ3n) is 3.09. The number of sulfone groups is 1. The fraction of sp³-hybridized carbons (Fsp3) is 0.385. The van der Waals surface area contributed by atoms with Gasteiger partial charge in [-0.3, -0.25) is 9.59 Å². The van der Waals surface area contributed by atoms with Gasteiger partial charge in [0.2, 0.25) is 0 Å². The molecule has 0 radical (unpaired) electrons. The number of hydrogen-bond donors (Lipinski definition) is 0. The molecule has 1 aromatic rings. The summed E-state index contributed by atoms with van der Waals surface area (Å²) < 4.78 is 23.4. The van der Waals surface area contributed by atoms with Crippen LogP contribution < -0.4 is 4.90 Å². The van der Waals surface area contributed by atoms with E-state index in [1.165, 1.54) is 11.0 Å². The van der Waals surface area contributed by atoms with Crippen molar-refractivity contribution in [1.82, 2.24) is 0 Å². The maximum atomic E-state index is 11.9. The Balaban J connectivity index is 2.25. The molecule has 1 aromatic carbocycles. The lowest BCUT2D eigenvalue weighted by atomic mass is 10.1. The Kier molecular flexibility index (Phi) is 4.15. The molecule has 5 nitrogen and oxygen atoms in total. The van der Waals surface area contributed by atoms with Gasteiger partial charge in [0.1, 0.15) is 0 Å². The molecule has 0 saturated carbocycles. The summed E-state index contributed by atoms with van der Waals surface area (Å²) in [7, 11) is -3.21. The van der Waals surface area contributed by atoms with Crippen molar-refractivity contribution in [1.29, 1.82) is 0 Å². The topological polar surface area (TPSA) is 71.5 Å². The summed E-state index contributed by atoms with van der Waals surface area (Å²) in [5.74, 6) is -1.49. The highest BCUT2D eigenvalue weighted by Gasteiger charge is 2.37. The van der Waals surface area contributed by atoms with E-state index in [0.29, 0.717) is 12.1 Å². The summed E-state index contributed by atoms with van der Waals surface area (Å²) >= 11 is 5.92. The summed E-state index contributed by atoms with van der Waals surface area (Å²) in [5.41, 5.74) is 0.547. The minimum absolute atomic E-state index is 0.0275. The Bertz CT molecular complexity index is 669. The Morgan fingerprint density at radius 2 is 1.90 bits per heavy atom. The molecular formula is C13H14ClNO4S. The van der Waals surface area contributed by atoms with E-state index in [9.17, 15) is 18.0 Å². The van der Waals surface area contributed by atoms with Crippen molar-refractivity contribution in [3.63, 3.8) is 0 Å². The van der Waals surface area contributed by atoms with E-state index in [-0.39, 0.29) is 28.6 Å². The number of carbonyl (C=O) groups is 2. The van der Waals surface area contributed by atoms with E-state index in [1.54, 1.807) is 19.1 Å². The molecule has 0 spiro atoms. The first kappa shape index (κ1) is 15.0. The van der Waals surface area contributed by atoms with Gasteiger partial charge in [0.15, 0.2) is 9.84 Å². The van der Waals surface area contributed by atoms with Gasteiger partial charge >= 0.3 is 0 Å². The zero-order valence-corrected chi connectivity index (χ0v) is 12.5. The van der Waals surface area contributed by atoms with Crippen LogP contribution in [0.2, 0.25) is 5.02 Å². The van der Waals surface area contributed by atoms with Crippen LogP contribution in [0.4, 0.5) is 5.69 Å². The minimum Gasteiger partial charge on any atom is -0.304 e. The van der Waals surface area contributed by atoms with Crippen LogP contribution in [0.15, 0.2) is 18.2 Å². The summed E-state index contributed by atoms with van der Waals surface area (Å²) in [6.07, 6.45) is 0.525. The van der Waals surface area contributed by atoms with Gasteiger partial charge in [-0.2, -0.15) is 0 Å². The number of nitrogens with zero attached hydrogens (tertiary/aromatic N) is 1. The van der Waals surface area contributed by atoms with Gasteiger partial charge in [0, 0.05) is 12.3 Å². The van der Waals surface area contributed by atoms with Crippen LogP contribution in [0.25, 0.3) is 0 Å². The lowest BCUT2D eigenvalue weighted by Gasteiger charge is -2.16. The highest BCUT2D eigenvalue weighted by molar-refractivity contribution is 7.91. The minimum atomic E-state index is -3.21. The van der Waals surface area contributed by atoms with Crippen LogP contribution in [-0.4, -0.2) is 38.2 Å². The Morgan fingerprint density at radius 3 is 2.55 bits per heavy atom. The quantitative estimate of drug-likeness (QED) is 0.775. The molecule has 20 heavy (non-hydrogen) atoms. The number of rotatable bonds is 5. The van der Waals surface area contributed by atoms with Crippen LogP contribution in [0.1, 0.15) is 23.7 Å². The first-order valence-electron chi connectivity index (χ1n) is 6.22. The van der Waals surface area contributed by atoms with Gasteiger partial charge in [-0.1, -0.05) is 24.6 Å². The van der Waals surface area contributed by atoms with E-state index in [0.717, 1.165) is 0 Å². The average Bonchev–Trinajstić information content (AvgIpc) is 2.61. The number of carbonyl (C=O) groups excluding carboxylic acids is 2. The number of hydrogen-bond acceptors (Lipinski definition) is 4. The molecule has 1 aliphatic heterocycles. The van der Waals surface area contributed by atoms with Crippen LogP contribution >= 0.6 is 11.6 Å². The molecule has 1 amide bonds. The number of ketones is 1. The Hall–Kier alpha value is -1.40. The number of anilines is 1. The second kappa shape index (κ2) is 5.54. The number of fused-ring (bicyclic) bond motifs is 1.